The van der Waals surface area contributed by atoms with Crippen LogP contribution in [0.5, 0.6) is 0 Å². The van der Waals surface area contributed by atoms with Crippen LogP contribution in [0.1, 0.15) is 283 Å². The molecule has 0 bridgehead atoms. The first-order valence-electron chi connectivity index (χ1n) is 32.8. The first kappa shape index (κ1) is 48.8. The topological polar surface area (TPSA) is 30.5 Å². The molecule has 10 aliphatic carbocycles. The van der Waals surface area contributed by atoms with Gasteiger partial charge in [-0.3, -0.25) is 20.4 Å². The fraction of sp³-hybridized carbons (Fsp3) is 1.00. The molecule has 386 valence electrons. The molecule has 4 nitrogen and oxygen atoms in total. The zero-order valence-corrected chi connectivity index (χ0v) is 44.6. The maximum absolute atomic E-state index is 4.38. The van der Waals surface area contributed by atoms with Gasteiger partial charge in [0.15, 0.2) is 0 Å². The minimum atomic E-state index is 0.604. The molecule has 10 saturated carbocycles. The largest absolute Gasteiger partial charge is 0.299 e. The van der Waals surface area contributed by atoms with Crippen molar-refractivity contribution in [1.82, 2.24) is 20.4 Å². The molecule has 68 heavy (non-hydrogen) atoms. The Hall–Kier alpha value is -0.160. The number of rotatable bonds is 10. The van der Waals surface area contributed by atoms with Crippen molar-refractivity contribution in [2.24, 2.45) is 65.1 Å². The zero-order chi connectivity index (χ0) is 45.2. The van der Waals surface area contributed by atoms with Gasteiger partial charge in [0.25, 0.3) is 0 Å². The number of hydrogen-bond acceptors (Lipinski definition) is 4. The average molecular weight is 936 g/mol. The molecule has 9 atom stereocenters. The van der Waals surface area contributed by atoms with E-state index >= 15 is 0 Å². The van der Waals surface area contributed by atoms with Gasteiger partial charge in [-0.2, -0.15) is 0 Å². The summed E-state index contributed by atoms with van der Waals surface area (Å²) >= 11 is 0. The maximum atomic E-state index is 4.38. The highest BCUT2D eigenvalue weighted by Gasteiger charge is 2.56. The van der Waals surface area contributed by atoms with E-state index in [2.05, 4.69) is 20.4 Å². The van der Waals surface area contributed by atoms with Gasteiger partial charge < -0.3 is 0 Å². The highest BCUT2D eigenvalue weighted by molar-refractivity contribution is 5.09. The summed E-state index contributed by atoms with van der Waals surface area (Å²) in [7, 11) is 0. The fourth-order valence-corrected chi connectivity index (χ4v) is 21.6. The molecule has 9 unspecified atom stereocenters. The normalized spacial score (nSPS) is 45.2. The fourth-order valence-electron chi connectivity index (χ4n) is 21.6. The van der Waals surface area contributed by atoms with Gasteiger partial charge in [0.2, 0.25) is 0 Å². The van der Waals surface area contributed by atoms with Crippen molar-refractivity contribution in [3.63, 3.8) is 0 Å². The van der Waals surface area contributed by atoms with E-state index in [4.69, 9.17) is 0 Å². The second-order valence-corrected chi connectivity index (χ2v) is 28.4. The molecule has 0 spiro atoms. The highest BCUT2D eigenvalue weighted by Crippen LogP contribution is 2.57. The summed E-state index contributed by atoms with van der Waals surface area (Å²) in [5.41, 5.74) is 0. The Kier molecular flexibility index (Phi) is 16.6. The van der Waals surface area contributed by atoms with Crippen LogP contribution < -0.4 is 10.6 Å². The molecule has 0 aromatic rings. The lowest BCUT2D eigenvalue weighted by molar-refractivity contribution is 0.00346. The third-order valence-electron chi connectivity index (χ3n) is 25.1. The Morgan fingerprint density at radius 2 is 0.603 bits per heavy atom. The van der Waals surface area contributed by atoms with Crippen molar-refractivity contribution in [3.05, 3.63) is 0 Å². The van der Waals surface area contributed by atoms with Crippen LogP contribution in [0.15, 0.2) is 0 Å². The quantitative estimate of drug-likeness (QED) is 0.229. The Morgan fingerprint density at radius 3 is 1.07 bits per heavy atom. The zero-order valence-electron chi connectivity index (χ0n) is 44.6. The number of hydrogen-bond donors (Lipinski definition) is 2. The van der Waals surface area contributed by atoms with E-state index in [-0.39, 0.29) is 0 Å². The highest BCUT2D eigenvalue weighted by atomic mass is 15.3. The lowest BCUT2D eigenvalue weighted by Crippen LogP contribution is -2.64. The van der Waals surface area contributed by atoms with E-state index in [1.165, 1.54) is 180 Å². The monoisotopic (exact) mass is 935 g/mol. The van der Waals surface area contributed by atoms with E-state index in [1.807, 2.05) is 0 Å². The van der Waals surface area contributed by atoms with Crippen LogP contribution in [0.25, 0.3) is 0 Å². The second-order valence-electron chi connectivity index (χ2n) is 28.4. The third kappa shape index (κ3) is 10.8. The summed E-state index contributed by atoms with van der Waals surface area (Å²) in [4.78, 5) is 6.60. The Bertz CT molecular complexity index is 1450. The molecule has 0 radical (unpaired) electrons. The van der Waals surface area contributed by atoms with E-state index in [0.29, 0.717) is 6.17 Å². The molecule has 4 heteroatoms. The van der Waals surface area contributed by atoms with Gasteiger partial charge in [-0.05, 0) is 251 Å². The molecule has 2 N–H and O–H groups in total. The van der Waals surface area contributed by atoms with Gasteiger partial charge in [-0.25, -0.2) is 0 Å². The number of nitrogens with one attached hydrogen (secondary N) is 2. The molecule has 2 heterocycles. The van der Waals surface area contributed by atoms with Crippen LogP contribution in [0.4, 0.5) is 0 Å². The molecule has 0 aromatic carbocycles. The molecule has 12 rings (SSSR count). The second kappa shape index (κ2) is 23.2. The Labute approximate surface area is 420 Å². The average Bonchev–Trinajstić information content (AvgIpc) is 3.75. The SMILES string of the molecule is C1CCC(C2CC(C3CCC(C4CCC(C5CCC6C(C5)C5CC(C7CCC(N(C8CCCCC8)C8CCCCC8)CC7)CCC5N6C5CCCCC5)CC4)CC3)NC(C3CCCCC3)N2)CC1. The first-order valence-corrected chi connectivity index (χ1v) is 32.8. The lowest BCUT2D eigenvalue weighted by atomic mass is 9.61. The van der Waals surface area contributed by atoms with Gasteiger partial charge in [0.05, 0.1) is 6.17 Å². The van der Waals surface area contributed by atoms with E-state index in [9.17, 15) is 0 Å². The van der Waals surface area contributed by atoms with Gasteiger partial charge in [-0.1, -0.05) is 96.3 Å². The molecule has 12 aliphatic rings. The summed E-state index contributed by atoms with van der Waals surface area (Å²) < 4.78 is 0. The van der Waals surface area contributed by atoms with Crippen molar-refractivity contribution in [1.29, 1.82) is 0 Å². The smallest absolute Gasteiger partial charge is 0.0605 e. The van der Waals surface area contributed by atoms with Crippen molar-refractivity contribution in [3.8, 4) is 0 Å². The van der Waals surface area contributed by atoms with Crippen LogP contribution >= 0.6 is 0 Å². The van der Waals surface area contributed by atoms with Crippen molar-refractivity contribution in [2.45, 2.75) is 337 Å². The van der Waals surface area contributed by atoms with Crippen LogP contribution in [0, 0.1) is 65.1 Å². The molecule has 2 aliphatic heterocycles. The van der Waals surface area contributed by atoms with Crippen molar-refractivity contribution < 1.29 is 0 Å². The van der Waals surface area contributed by atoms with Gasteiger partial charge in [-0.15, -0.1) is 0 Å². The number of fused-ring (bicyclic) bond motifs is 3. The molecule has 2 saturated heterocycles. The van der Waals surface area contributed by atoms with Crippen LogP contribution in [0.2, 0.25) is 0 Å². The van der Waals surface area contributed by atoms with Crippen LogP contribution in [-0.2, 0) is 0 Å². The molecule has 0 amide bonds. The number of likely N-dealkylation sites (tertiary alicyclic amines) is 1. The Balaban J connectivity index is 0.649. The van der Waals surface area contributed by atoms with Gasteiger partial charge in [0, 0.05) is 48.3 Å². The standard InChI is InChI=1S/C64H110N4/c1-6-16-49(17-7-1)60-44-61(66-64(65-60)51-18-8-2-9-19-51)50-32-30-46(31-33-50)45-26-28-47(29-27-45)52-36-40-62-58(42-52)59-43-53(37-41-63(59)68(62)56-24-14-5-15-25-56)48-34-38-57(39-35-48)67(54-20-10-3-11-21-54)55-22-12-4-13-23-55/h45-66H,1-44H2. The summed E-state index contributed by atoms with van der Waals surface area (Å²) in [6.07, 6.45) is 68.0. The molecular formula is C64H110N4. The van der Waals surface area contributed by atoms with E-state index in [1.54, 1.807) is 103 Å². The predicted molar refractivity (Wildman–Crippen MR) is 286 cm³/mol. The summed E-state index contributed by atoms with van der Waals surface area (Å²) in [6, 6.07) is 7.20. The maximum Gasteiger partial charge on any atom is 0.0605 e. The summed E-state index contributed by atoms with van der Waals surface area (Å²) in [5, 5.41) is 8.70. The van der Waals surface area contributed by atoms with Crippen molar-refractivity contribution >= 4 is 0 Å². The van der Waals surface area contributed by atoms with Crippen LogP contribution in [0.3, 0.4) is 0 Å². The first-order chi connectivity index (χ1) is 33.7. The molecule has 0 aromatic heterocycles. The van der Waals surface area contributed by atoms with Crippen molar-refractivity contribution in [2.75, 3.05) is 0 Å². The van der Waals surface area contributed by atoms with Gasteiger partial charge >= 0.3 is 0 Å². The summed E-state index contributed by atoms with van der Waals surface area (Å²) in [6.45, 7) is 0. The third-order valence-corrected chi connectivity index (χ3v) is 25.1. The van der Waals surface area contributed by atoms with Gasteiger partial charge in [0.1, 0.15) is 0 Å². The minimum absolute atomic E-state index is 0.604. The number of nitrogens with zero attached hydrogens (tertiary/aromatic N) is 2. The molecule has 12 fully saturated rings. The predicted octanol–water partition coefficient (Wildman–Crippen LogP) is 16.2. The Morgan fingerprint density at radius 1 is 0.265 bits per heavy atom. The van der Waals surface area contributed by atoms with E-state index < -0.39 is 0 Å². The minimum Gasteiger partial charge on any atom is -0.299 e. The summed E-state index contributed by atoms with van der Waals surface area (Å²) in [5.74, 6) is 11.2. The van der Waals surface area contributed by atoms with E-state index in [0.717, 1.165) is 113 Å². The molecular weight excluding hydrogens is 825 g/mol. The van der Waals surface area contributed by atoms with Crippen LogP contribution in [-0.4, -0.2) is 64.3 Å². The lowest BCUT2D eigenvalue weighted by Gasteiger charge is -2.49.